The van der Waals surface area contributed by atoms with Crippen LogP contribution < -0.4 is 4.74 Å². The number of pyridine rings is 1. The van der Waals surface area contributed by atoms with Crippen molar-refractivity contribution >= 4 is 0 Å². The average Bonchev–Trinajstić information content (AvgIpc) is 2.74. The minimum atomic E-state index is -0.830. The van der Waals surface area contributed by atoms with Crippen molar-refractivity contribution in [3.05, 3.63) is 42.0 Å². The second kappa shape index (κ2) is 4.32. The molecule has 2 aromatic rings. The maximum atomic E-state index is 10.2. The highest BCUT2D eigenvalue weighted by atomic mass is 16.5. The van der Waals surface area contributed by atoms with E-state index in [0.29, 0.717) is 17.1 Å². The first-order valence-electron chi connectivity index (χ1n) is 4.89. The first-order valence-corrected chi connectivity index (χ1v) is 4.89. The number of methoxy groups -OCH3 is 1. The van der Waals surface area contributed by atoms with Crippen molar-refractivity contribution in [3.8, 4) is 5.75 Å². The molecule has 1 N–H and O–H groups in total. The van der Waals surface area contributed by atoms with Gasteiger partial charge in [0.25, 0.3) is 0 Å². The van der Waals surface area contributed by atoms with Crippen molar-refractivity contribution < 1.29 is 9.84 Å². The number of aliphatic hydroxyl groups excluding tert-OH is 1. The van der Waals surface area contributed by atoms with E-state index in [1.165, 1.54) is 0 Å². The summed E-state index contributed by atoms with van der Waals surface area (Å²) >= 11 is 0. The molecule has 5 heteroatoms. The van der Waals surface area contributed by atoms with E-state index in [1.54, 1.807) is 49.4 Å². The summed E-state index contributed by atoms with van der Waals surface area (Å²) in [4.78, 5) is 4.13. The van der Waals surface area contributed by atoms with Gasteiger partial charge < -0.3 is 9.84 Å². The van der Waals surface area contributed by atoms with Gasteiger partial charge in [0, 0.05) is 19.4 Å². The van der Waals surface area contributed by atoms with Crippen molar-refractivity contribution in [1.29, 1.82) is 0 Å². The van der Waals surface area contributed by atoms with Crippen LogP contribution in [-0.4, -0.2) is 27.0 Å². The minimum absolute atomic E-state index is 0.494. The summed E-state index contributed by atoms with van der Waals surface area (Å²) in [5, 5.41) is 14.2. The molecule has 0 saturated heterocycles. The number of hydrogen-bond acceptors (Lipinski definition) is 4. The molecule has 2 aromatic heterocycles. The van der Waals surface area contributed by atoms with Crippen LogP contribution in [0.1, 0.15) is 17.5 Å². The lowest BCUT2D eigenvalue weighted by atomic mass is 10.1. The standard InChI is InChI=1S/C11H13N3O2/c1-14-8(5-7-13-14)11(15)10-9(16-2)4-3-6-12-10/h3-7,11,15H,1-2H3. The van der Waals surface area contributed by atoms with Crippen molar-refractivity contribution in [1.82, 2.24) is 14.8 Å². The minimum Gasteiger partial charge on any atom is -0.495 e. The Morgan fingerprint density at radius 3 is 2.81 bits per heavy atom. The molecule has 0 aliphatic rings. The van der Waals surface area contributed by atoms with E-state index in [-0.39, 0.29) is 0 Å². The quantitative estimate of drug-likeness (QED) is 0.833. The van der Waals surface area contributed by atoms with Gasteiger partial charge in [0.05, 0.1) is 12.8 Å². The van der Waals surface area contributed by atoms with E-state index in [9.17, 15) is 5.11 Å². The van der Waals surface area contributed by atoms with Gasteiger partial charge in [0.15, 0.2) is 0 Å². The Bertz CT molecular complexity index is 482. The monoisotopic (exact) mass is 219 g/mol. The lowest BCUT2D eigenvalue weighted by molar-refractivity contribution is 0.199. The molecule has 16 heavy (non-hydrogen) atoms. The molecule has 1 atom stereocenters. The number of nitrogens with zero attached hydrogens (tertiary/aromatic N) is 3. The van der Waals surface area contributed by atoms with Crippen LogP contribution in [0, 0.1) is 0 Å². The van der Waals surface area contributed by atoms with E-state index in [1.807, 2.05) is 0 Å². The summed E-state index contributed by atoms with van der Waals surface area (Å²) in [6.45, 7) is 0. The lowest BCUT2D eigenvalue weighted by Crippen LogP contribution is -2.09. The smallest absolute Gasteiger partial charge is 0.143 e. The van der Waals surface area contributed by atoms with Crippen LogP contribution in [0.4, 0.5) is 0 Å². The van der Waals surface area contributed by atoms with Crippen LogP contribution in [0.15, 0.2) is 30.6 Å². The fourth-order valence-electron chi connectivity index (χ4n) is 1.57. The molecule has 0 amide bonds. The summed E-state index contributed by atoms with van der Waals surface area (Å²) < 4.78 is 6.76. The lowest BCUT2D eigenvalue weighted by Gasteiger charge is -2.13. The molecule has 0 radical (unpaired) electrons. The fourth-order valence-corrected chi connectivity index (χ4v) is 1.57. The van der Waals surface area contributed by atoms with Crippen LogP contribution in [0.2, 0.25) is 0 Å². The van der Waals surface area contributed by atoms with Gasteiger partial charge in [-0.3, -0.25) is 9.67 Å². The topological polar surface area (TPSA) is 60.2 Å². The Labute approximate surface area is 93.3 Å². The zero-order chi connectivity index (χ0) is 11.5. The Hall–Kier alpha value is -1.88. The Kier molecular flexibility index (Phi) is 2.87. The number of rotatable bonds is 3. The van der Waals surface area contributed by atoms with Crippen LogP contribution in [0.5, 0.6) is 5.75 Å². The Balaban J connectivity index is 2.41. The fraction of sp³-hybridized carbons (Fsp3) is 0.273. The average molecular weight is 219 g/mol. The highest BCUT2D eigenvalue weighted by Crippen LogP contribution is 2.26. The largest absolute Gasteiger partial charge is 0.495 e. The normalized spacial score (nSPS) is 12.4. The summed E-state index contributed by atoms with van der Waals surface area (Å²) in [7, 11) is 3.32. The number of aliphatic hydroxyl groups is 1. The van der Waals surface area contributed by atoms with Crippen molar-refractivity contribution in [2.75, 3.05) is 7.11 Å². The third-order valence-corrected chi connectivity index (χ3v) is 2.42. The van der Waals surface area contributed by atoms with E-state index in [4.69, 9.17) is 4.74 Å². The third-order valence-electron chi connectivity index (χ3n) is 2.42. The molecule has 0 aliphatic carbocycles. The molecule has 0 spiro atoms. The van der Waals surface area contributed by atoms with Gasteiger partial charge >= 0.3 is 0 Å². The van der Waals surface area contributed by atoms with Gasteiger partial charge in [0.2, 0.25) is 0 Å². The maximum absolute atomic E-state index is 10.2. The zero-order valence-electron chi connectivity index (χ0n) is 9.16. The van der Waals surface area contributed by atoms with E-state index in [2.05, 4.69) is 10.1 Å². The Morgan fingerprint density at radius 1 is 1.38 bits per heavy atom. The second-order valence-corrected chi connectivity index (χ2v) is 3.37. The molecule has 0 aliphatic heterocycles. The van der Waals surface area contributed by atoms with Gasteiger partial charge in [-0.15, -0.1) is 0 Å². The number of hydrogen-bond donors (Lipinski definition) is 1. The predicted octanol–water partition coefficient (Wildman–Crippen LogP) is 0.905. The third kappa shape index (κ3) is 1.77. The van der Waals surface area contributed by atoms with E-state index in [0.717, 1.165) is 0 Å². The van der Waals surface area contributed by atoms with Crippen LogP contribution in [-0.2, 0) is 7.05 Å². The first kappa shape index (κ1) is 10.6. The molecule has 1 unspecified atom stereocenters. The molecular formula is C11H13N3O2. The zero-order valence-corrected chi connectivity index (χ0v) is 9.16. The molecule has 0 bridgehead atoms. The molecule has 5 nitrogen and oxygen atoms in total. The Morgan fingerprint density at radius 2 is 2.19 bits per heavy atom. The first-order chi connectivity index (χ1) is 7.74. The molecule has 0 aromatic carbocycles. The van der Waals surface area contributed by atoms with E-state index >= 15 is 0 Å². The molecule has 2 heterocycles. The van der Waals surface area contributed by atoms with Gasteiger partial charge in [0.1, 0.15) is 17.5 Å². The summed E-state index contributed by atoms with van der Waals surface area (Å²) in [5.74, 6) is 0.566. The summed E-state index contributed by atoms with van der Waals surface area (Å²) in [6, 6.07) is 5.28. The highest BCUT2D eigenvalue weighted by Gasteiger charge is 2.19. The molecular weight excluding hydrogens is 206 g/mol. The van der Waals surface area contributed by atoms with E-state index < -0.39 is 6.10 Å². The molecule has 84 valence electrons. The number of ether oxygens (including phenoxy) is 1. The summed E-state index contributed by atoms with van der Waals surface area (Å²) in [6.07, 6.45) is 2.43. The molecule has 0 saturated carbocycles. The van der Waals surface area contributed by atoms with Crippen LogP contribution >= 0.6 is 0 Å². The number of aryl methyl sites for hydroxylation is 1. The number of aromatic nitrogens is 3. The van der Waals surface area contributed by atoms with Gasteiger partial charge in [-0.05, 0) is 18.2 Å². The van der Waals surface area contributed by atoms with Gasteiger partial charge in [-0.2, -0.15) is 5.10 Å². The second-order valence-electron chi connectivity index (χ2n) is 3.37. The van der Waals surface area contributed by atoms with Crippen molar-refractivity contribution in [2.45, 2.75) is 6.10 Å². The SMILES string of the molecule is COc1cccnc1C(O)c1ccnn1C. The predicted molar refractivity (Wildman–Crippen MR) is 58.1 cm³/mol. The highest BCUT2D eigenvalue weighted by molar-refractivity contribution is 5.32. The van der Waals surface area contributed by atoms with Crippen LogP contribution in [0.3, 0.4) is 0 Å². The van der Waals surface area contributed by atoms with Crippen molar-refractivity contribution in [2.24, 2.45) is 7.05 Å². The van der Waals surface area contributed by atoms with Gasteiger partial charge in [-0.25, -0.2) is 0 Å². The maximum Gasteiger partial charge on any atom is 0.143 e. The summed E-state index contributed by atoms with van der Waals surface area (Å²) in [5.41, 5.74) is 1.17. The van der Waals surface area contributed by atoms with Crippen molar-refractivity contribution in [3.63, 3.8) is 0 Å². The molecule has 2 rings (SSSR count). The molecule has 0 fully saturated rings. The van der Waals surface area contributed by atoms with Gasteiger partial charge in [-0.1, -0.05) is 0 Å². The van der Waals surface area contributed by atoms with Crippen LogP contribution in [0.25, 0.3) is 0 Å².